The van der Waals surface area contributed by atoms with Gasteiger partial charge >= 0.3 is 0 Å². The molecule has 1 aromatic carbocycles. The lowest BCUT2D eigenvalue weighted by Crippen LogP contribution is -2.38. The second-order valence-corrected chi connectivity index (χ2v) is 11.8. The van der Waals surface area contributed by atoms with Gasteiger partial charge in [-0.3, -0.25) is 4.79 Å². The third-order valence-electron chi connectivity index (χ3n) is 7.19. The molecule has 9 nitrogen and oxygen atoms in total. The smallest absolute Gasteiger partial charge is 0.225 e. The van der Waals surface area contributed by atoms with Crippen LogP contribution in [-0.4, -0.2) is 76.0 Å². The number of hydrogen-bond acceptors (Lipinski definition) is 8. The summed E-state index contributed by atoms with van der Waals surface area (Å²) < 4.78 is 41.8. The molecule has 0 aliphatic carbocycles. The molecule has 2 aromatic rings. The van der Waals surface area contributed by atoms with E-state index in [2.05, 4.69) is 9.88 Å². The second kappa shape index (κ2) is 9.89. The Hall–Kier alpha value is -2.85. The number of ether oxygens (including phenoxy) is 3. The number of rotatable bonds is 5. The Morgan fingerprint density at radius 1 is 1.11 bits per heavy atom. The monoisotopic (exact) mass is 515 g/mol. The van der Waals surface area contributed by atoms with E-state index in [0.717, 1.165) is 47.7 Å². The van der Waals surface area contributed by atoms with Gasteiger partial charge < -0.3 is 24.0 Å². The lowest BCUT2D eigenvalue weighted by molar-refractivity contribution is -0.137. The molecule has 2 fully saturated rings. The fraction of sp³-hybridized carbons (Fsp3) is 0.538. The molecule has 4 heterocycles. The van der Waals surface area contributed by atoms with Gasteiger partial charge in [0.1, 0.15) is 24.2 Å². The van der Waals surface area contributed by atoms with Crippen LogP contribution in [0, 0.1) is 19.8 Å². The van der Waals surface area contributed by atoms with Gasteiger partial charge in [-0.25, -0.2) is 13.4 Å². The average Bonchev–Trinajstić information content (AvgIpc) is 3.33. The van der Waals surface area contributed by atoms with Crippen LogP contribution in [0.15, 0.2) is 29.4 Å². The van der Waals surface area contributed by atoms with Crippen molar-refractivity contribution in [3.05, 3.63) is 35.5 Å². The van der Waals surface area contributed by atoms with Crippen LogP contribution in [-0.2, 0) is 19.4 Å². The number of likely N-dealkylation sites (tertiary alicyclic amines) is 1. The molecule has 0 bridgehead atoms. The number of carbonyl (C=O) groups excluding carboxylic acids is 1. The minimum absolute atomic E-state index is 0.0554. The molecular weight excluding hydrogens is 482 g/mol. The maximum atomic E-state index is 12.9. The molecule has 1 amide bonds. The minimum atomic E-state index is -3.40. The van der Waals surface area contributed by atoms with Gasteiger partial charge in [0.2, 0.25) is 5.91 Å². The van der Waals surface area contributed by atoms with Gasteiger partial charge in [-0.2, -0.15) is 0 Å². The van der Waals surface area contributed by atoms with Crippen molar-refractivity contribution in [1.82, 2.24) is 9.88 Å². The SMILES string of the molecule is Cc1cc(N2CCOc3ccc(O[C@H]4CCN(C(=O)C5CCOCC5)C4)c(C)c32)cnc1S(C)(=O)=O. The lowest BCUT2D eigenvalue weighted by atomic mass is 9.99. The van der Waals surface area contributed by atoms with Crippen LogP contribution in [0.2, 0.25) is 0 Å². The normalized spacial score (nSPS) is 20.7. The van der Waals surface area contributed by atoms with Crippen LogP contribution in [0.1, 0.15) is 30.4 Å². The maximum absolute atomic E-state index is 12.9. The molecule has 0 radical (unpaired) electrons. The topological polar surface area (TPSA) is 98.3 Å². The quantitative estimate of drug-likeness (QED) is 0.599. The largest absolute Gasteiger partial charge is 0.490 e. The number of aryl methyl sites for hydroxylation is 1. The molecular formula is C26H33N3O6S. The Bertz CT molecular complexity index is 1260. The summed E-state index contributed by atoms with van der Waals surface area (Å²) in [5, 5.41) is 0.0922. The summed E-state index contributed by atoms with van der Waals surface area (Å²) in [6.45, 7) is 7.47. The van der Waals surface area contributed by atoms with E-state index in [1.54, 1.807) is 13.1 Å². The summed E-state index contributed by atoms with van der Waals surface area (Å²) in [6.07, 6.45) is 5.08. The van der Waals surface area contributed by atoms with Crippen LogP contribution in [0.25, 0.3) is 0 Å². The molecule has 0 saturated carbocycles. The number of pyridine rings is 1. The molecule has 0 spiro atoms. The summed E-state index contributed by atoms with van der Waals surface area (Å²) in [5.74, 6) is 1.78. The van der Waals surface area contributed by atoms with E-state index in [4.69, 9.17) is 14.2 Å². The van der Waals surface area contributed by atoms with Gasteiger partial charge in [0, 0.05) is 43.9 Å². The molecule has 3 aliphatic rings. The van der Waals surface area contributed by atoms with Crippen molar-refractivity contribution in [3.63, 3.8) is 0 Å². The first-order valence-electron chi connectivity index (χ1n) is 12.5. The molecule has 0 N–H and O–H groups in total. The fourth-order valence-electron chi connectivity index (χ4n) is 5.34. The lowest BCUT2D eigenvalue weighted by Gasteiger charge is -2.33. The van der Waals surface area contributed by atoms with Crippen LogP contribution in [0.4, 0.5) is 11.4 Å². The molecule has 5 rings (SSSR count). The maximum Gasteiger partial charge on any atom is 0.225 e. The number of anilines is 2. The first-order valence-corrected chi connectivity index (χ1v) is 14.4. The van der Waals surface area contributed by atoms with Gasteiger partial charge in [-0.1, -0.05) is 0 Å². The molecule has 2 saturated heterocycles. The highest BCUT2D eigenvalue weighted by Crippen LogP contribution is 2.43. The number of hydrogen-bond donors (Lipinski definition) is 0. The van der Waals surface area contributed by atoms with E-state index in [1.165, 1.54) is 6.26 Å². The fourth-order valence-corrected chi connectivity index (χ4v) is 6.23. The van der Waals surface area contributed by atoms with Crippen molar-refractivity contribution in [1.29, 1.82) is 0 Å². The summed E-state index contributed by atoms with van der Waals surface area (Å²) in [4.78, 5) is 21.2. The number of amides is 1. The third-order valence-corrected chi connectivity index (χ3v) is 8.32. The van der Waals surface area contributed by atoms with Crippen molar-refractivity contribution >= 4 is 27.1 Å². The Balaban J connectivity index is 1.35. The minimum Gasteiger partial charge on any atom is -0.490 e. The van der Waals surface area contributed by atoms with Crippen molar-refractivity contribution in [2.45, 2.75) is 44.2 Å². The van der Waals surface area contributed by atoms with Gasteiger partial charge in [-0.05, 0) is 50.5 Å². The summed E-state index contributed by atoms with van der Waals surface area (Å²) >= 11 is 0. The highest BCUT2D eigenvalue weighted by atomic mass is 32.2. The predicted molar refractivity (Wildman–Crippen MR) is 135 cm³/mol. The van der Waals surface area contributed by atoms with Crippen molar-refractivity contribution in [2.24, 2.45) is 5.92 Å². The Kier molecular flexibility index (Phi) is 6.82. The average molecular weight is 516 g/mol. The molecule has 1 aromatic heterocycles. The zero-order valence-electron chi connectivity index (χ0n) is 21.0. The van der Waals surface area contributed by atoms with Crippen LogP contribution in [0.5, 0.6) is 11.5 Å². The van der Waals surface area contributed by atoms with Gasteiger partial charge in [0.15, 0.2) is 14.9 Å². The third kappa shape index (κ3) is 4.88. The van der Waals surface area contributed by atoms with Crippen molar-refractivity contribution in [3.8, 4) is 11.5 Å². The summed E-state index contributed by atoms with van der Waals surface area (Å²) in [6, 6.07) is 5.69. The van der Waals surface area contributed by atoms with Crippen LogP contribution in [0.3, 0.4) is 0 Å². The number of benzene rings is 1. The highest BCUT2D eigenvalue weighted by molar-refractivity contribution is 7.90. The van der Waals surface area contributed by atoms with Gasteiger partial charge in [0.05, 0.1) is 30.7 Å². The van der Waals surface area contributed by atoms with E-state index in [1.807, 2.05) is 30.0 Å². The number of aromatic nitrogens is 1. The van der Waals surface area contributed by atoms with E-state index in [0.29, 0.717) is 45.0 Å². The first-order chi connectivity index (χ1) is 17.2. The van der Waals surface area contributed by atoms with E-state index in [-0.39, 0.29) is 23.0 Å². The summed E-state index contributed by atoms with van der Waals surface area (Å²) in [7, 11) is -3.40. The zero-order chi connectivity index (χ0) is 25.4. The molecule has 1 atom stereocenters. The van der Waals surface area contributed by atoms with Crippen LogP contribution >= 0.6 is 0 Å². The Morgan fingerprint density at radius 3 is 2.61 bits per heavy atom. The number of nitrogens with zero attached hydrogens (tertiary/aromatic N) is 3. The molecule has 0 unspecified atom stereocenters. The zero-order valence-corrected chi connectivity index (χ0v) is 21.8. The van der Waals surface area contributed by atoms with E-state index >= 15 is 0 Å². The Morgan fingerprint density at radius 2 is 1.89 bits per heavy atom. The molecule has 194 valence electrons. The molecule has 36 heavy (non-hydrogen) atoms. The van der Waals surface area contributed by atoms with Crippen molar-refractivity contribution < 1.29 is 27.4 Å². The van der Waals surface area contributed by atoms with Gasteiger partial charge in [0.25, 0.3) is 0 Å². The number of carbonyl (C=O) groups is 1. The van der Waals surface area contributed by atoms with Crippen molar-refractivity contribution in [2.75, 3.05) is 50.6 Å². The van der Waals surface area contributed by atoms with E-state index in [9.17, 15) is 13.2 Å². The predicted octanol–water partition coefficient (Wildman–Crippen LogP) is 3.04. The standard InChI is InChI=1S/C26H33N3O6S/c1-17-14-20(15-27-25(17)36(3,31)32)29-10-13-34-23-5-4-22(18(2)24(23)29)35-21-6-9-28(16-21)26(30)19-7-11-33-12-8-19/h4-5,14-15,19,21H,6-13,16H2,1-3H3/t21-/m0/s1. The second-order valence-electron chi connectivity index (χ2n) is 9.82. The molecule has 10 heteroatoms. The summed E-state index contributed by atoms with van der Waals surface area (Å²) in [5.41, 5.74) is 3.23. The number of sulfone groups is 1. The Labute approximate surface area is 212 Å². The molecule has 3 aliphatic heterocycles. The first kappa shape index (κ1) is 24.8. The highest BCUT2D eigenvalue weighted by Gasteiger charge is 2.33. The van der Waals surface area contributed by atoms with Crippen LogP contribution < -0.4 is 14.4 Å². The van der Waals surface area contributed by atoms with E-state index < -0.39 is 9.84 Å². The van der Waals surface area contributed by atoms with Gasteiger partial charge in [-0.15, -0.1) is 0 Å². The number of fused-ring (bicyclic) bond motifs is 1.